The molecule has 0 bridgehead atoms. The number of nitrogens with one attached hydrogen (secondary N) is 4. The second-order valence-electron chi connectivity index (χ2n) is 7.87. The van der Waals surface area contributed by atoms with Crippen LogP contribution >= 0.6 is 0 Å². The highest BCUT2D eigenvalue weighted by Crippen LogP contribution is 2.06. The van der Waals surface area contributed by atoms with E-state index >= 15 is 0 Å². The number of H-pyrrole nitrogens is 1. The van der Waals surface area contributed by atoms with Crippen LogP contribution < -0.4 is 33.2 Å². The summed E-state index contributed by atoms with van der Waals surface area (Å²) in [4.78, 5) is 66.9. The number of unbranched alkanes of at least 4 members (excludes halogenated alkanes) is 1. The summed E-state index contributed by atoms with van der Waals surface area (Å²) < 4.78 is 0. The maximum Gasteiger partial charge on any atom is 0.325 e. The maximum atomic E-state index is 13.0. The normalized spacial score (nSPS) is 14.3. The average molecular weight is 483 g/mol. The predicted octanol–water partition coefficient (Wildman–Crippen LogP) is -2.77. The van der Waals surface area contributed by atoms with Gasteiger partial charge in [0, 0.05) is 24.7 Å². The van der Waals surface area contributed by atoms with Gasteiger partial charge in [-0.2, -0.15) is 0 Å². The third-order valence-corrected chi connectivity index (χ3v) is 4.96. The van der Waals surface area contributed by atoms with Crippen molar-refractivity contribution in [3.8, 4) is 0 Å². The molecule has 0 aliphatic carbocycles. The lowest BCUT2D eigenvalue weighted by atomic mass is 10.0. The molecule has 14 nitrogen and oxygen atoms in total. The van der Waals surface area contributed by atoms with Crippen LogP contribution in [0.5, 0.6) is 0 Å². The van der Waals surface area contributed by atoms with Crippen LogP contribution in [0.15, 0.2) is 12.5 Å². The Kier molecular flexibility index (Phi) is 12.2. The summed E-state index contributed by atoms with van der Waals surface area (Å²) in [6.07, 6.45) is 4.12. The summed E-state index contributed by atoms with van der Waals surface area (Å²) in [6, 6.07) is -4.42. The van der Waals surface area contributed by atoms with Crippen molar-refractivity contribution in [1.29, 1.82) is 0 Å². The van der Waals surface area contributed by atoms with Gasteiger partial charge in [-0.05, 0) is 39.2 Å². The van der Waals surface area contributed by atoms with E-state index in [0.717, 1.165) is 0 Å². The Morgan fingerprint density at radius 2 is 1.68 bits per heavy atom. The molecule has 0 fully saturated rings. The molecule has 1 rings (SSSR count). The van der Waals surface area contributed by atoms with Crippen molar-refractivity contribution in [1.82, 2.24) is 25.9 Å². The van der Waals surface area contributed by atoms with E-state index in [1.807, 2.05) is 0 Å². The van der Waals surface area contributed by atoms with E-state index in [0.29, 0.717) is 25.1 Å². The summed E-state index contributed by atoms with van der Waals surface area (Å²) in [5.41, 5.74) is 16.9. The molecule has 1 aromatic heterocycles. The number of nitrogens with two attached hydrogens (primary N) is 3. The third kappa shape index (κ3) is 10.4. The number of carbonyl (C=O) groups excluding carboxylic acids is 4. The van der Waals surface area contributed by atoms with E-state index < -0.39 is 53.8 Å². The molecular formula is C20H34N8O6. The number of hydrogen-bond donors (Lipinski definition) is 8. The van der Waals surface area contributed by atoms with Crippen molar-refractivity contribution >= 4 is 29.6 Å². The molecule has 0 aliphatic rings. The lowest BCUT2D eigenvalue weighted by molar-refractivity contribution is -0.141. The molecule has 190 valence electrons. The zero-order valence-corrected chi connectivity index (χ0v) is 19.1. The van der Waals surface area contributed by atoms with Gasteiger partial charge in [0.25, 0.3) is 0 Å². The number of carbonyl (C=O) groups is 5. The van der Waals surface area contributed by atoms with Gasteiger partial charge in [0.15, 0.2) is 0 Å². The SMILES string of the molecule is CC(NC(=O)C(Cc1cnc[nH]1)NC(=O)C(CCCCN)NC(=O)C(N)CCC(N)=O)C(=O)O. The molecule has 1 heterocycles. The molecule has 4 unspecified atom stereocenters. The van der Waals surface area contributed by atoms with Crippen LogP contribution in [0.25, 0.3) is 0 Å². The molecule has 0 spiro atoms. The van der Waals surface area contributed by atoms with Crippen molar-refractivity contribution < 1.29 is 29.1 Å². The van der Waals surface area contributed by atoms with Gasteiger partial charge in [0.2, 0.25) is 23.6 Å². The molecule has 11 N–H and O–H groups in total. The molecule has 34 heavy (non-hydrogen) atoms. The van der Waals surface area contributed by atoms with Crippen LogP contribution in [0.4, 0.5) is 0 Å². The summed E-state index contributed by atoms with van der Waals surface area (Å²) in [6.45, 7) is 1.68. The minimum absolute atomic E-state index is 0.00546. The number of imidazole rings is 1. The van der Waals surface area contributed by atoms with Crippen molar-refractivity contribution in [3.63, 3.8) is 0 Å². The second-order valence-corrected chi connectivity index (χ2v) is 7.87. The highest BCUT2D eigenvalue weighted by molar-refractivity contribution is 5.94. The van der Waals surface area contributed by atoms with Gasteiger partial charge in [0.1, 0.15) is 18.1 Å². The first kappa shape index (κ1) is 28.5. The van der Waals surface area contributed by atoms with Crippen LogP contribution in [-0.4, -0.2) is 75.4 Å². The maximum absolute atomic E-state index is 13.0. The number of rotatable bonds is 16. The van der Waals surface area contributed by atoms with Gasteiger partial charge in [-0.15, -0.1) is 0 Å². The number of primary amides is 1. The zero-order chi connectivity index (χ0) is 25.7. The molecule has 14 heteroatoms. The predicted molar refractivity (Wildman–Crippen MR) is 121 cm³/mol. The Morgan fingerprint density at radius 3 is 2.24 bits per heavy atom. The molecule has 0 saturated heterocycles. The summed E-state index contributed by atoms with van der Waals surface area (Å²) in [7, 11) is 0. The summed E-state index contributed by atoms with van der Waals surface area (Å²) in [5, 5.41) is 16.5. The molecule has 4 atom stereocenters. The zero-order valence-electron chi connectivity index (χ0n) is 19.1. The molecule has 0 saturated carbocycles. The number of carboxylic acids is 1. The largest absolute Gasteiger partial charge is 0.480 e. The van der Waals surface area contributed by atoms with Gasteiger partial charge in [-0.25, -0.2) is 4.98 Å². The Bertz CT molecular complexity index is 831. The first-order chi connectivity index (χ1) is 16.0. The van der Waals surface area contributed by atoms with E-state index in [2.05, 4.69) is 25.9 Å². The van der Waals surface area contributed by atoms with E-state index in [1.165, 1.54) is 19.4 Å². The second kappa shape index (κ2) is 14.6. The number of aromatic nitrogens is 2. The minimum atomic E-state index is -1.24. The van der Waals surface area contributed by atoms with E-state index in [1.54, 1.807) is 0 Å². The molecule has 1 aromatic rings. The monoisotopic (exact) mass is 482 g/mol. The van der Waals surface area contributed by atoms with Crippen LogP contribution in [0.3, 0.4) is 0 Å². The van der Waals surface area contributed by atoms with E-state index in [9.17, 15) is 24.0 Å². The molecule has 0 aromatic carbocycles. The third-order valence-electron chi connectivity index (χ3n) is 4.96. The van der Waals surface area contributed by atoms with Crippen LogP contribution in [0, 0.1) is 0 Å². The van der Waals surface area contributed by atoms with Gasteiger partial charge in [-0.1, -0.05) is 0 Å². The Labute approximate surface area is 196 Å². The summed E-state index contributed by atoms with van der Waals surface area (Å²) >= 11 is 0. The van der Waals surface area contributed by atoms with Crippen molar-refractivity contribution in [3.05, 3.63) is 18.2 Å². The van der Waals surface area contributed by atoms with Crippen molar-refractivity contribution in [2.45, 2.75) is 69.6 Å². The average Bonchev–Trinajstić information content (AvgIpc) is 3.29. The van der Waals surface area contributed by atoms with E-state index in [-0.39, 0.29) is 25.7 Å². The van der Waals surface area contributed by atoms with Gasteiger partial charge in [0.05, 0.1) is 12.4 Å². The quantitative estimate of drug-likeness (QED) is 0.113. The van der Waals surface area contributed by atoms with E-state index in [4.69, 9.17) is 22.3 Å². The van der Waals surface area contributed by atoms with Gasteiger partial charge >= 0.3 is 5.97 Å². The summed E-state index contributed by atoms with van der Waals surface area (Å²) in [5.74, 6) is -3.87. The van der Waals surface area contributed by atoms with Gasteiger partial charge < -0.3 is 43.2 Å². The molecular weight excluding hydrogens is 448 g/mol. The fourth-order valence-electron chi connectivity index (χ4n) is 2.94. The minimum Gasteiger partial charge on any atom is -0.480 e. The number of hydrogen-bond acceptors (Lipinski definition) is 8. The van der Waals surface area contributed by atoms with Crippen molar-refractivity contribution in [2.24, 2.45) is 17.2 Å². The number of amides is 4. The Morgan fingerprint density at radius 1 is 1.03 bits per heavy atom. The van der Waals surface area contributed by atoms with Crippen LogP contribution in [-0.2, 0) is 30.4 Å². The fraction of sp³-hybridized carbons (Fsp3) is 0.600. The molecule has 0 radical (unpaired) electrons. The number of carboxylic acid groups (broad SMARTS) is 1. The Balaban J connectivity index is 2.96. The first-order valence-corrected chi connectivity index (χ1v) is 10.9. The molecule has 0 aliphatic heterocycles. The number of nitrogens with zero attached hydrogens (tertiary/aromatic N) is 1. The highest BCUT2D eigenvalue weighted by Gasteiger charge is 2.29. The first-order valence-electron chi connectivity index (χ1n) is 10.9. The number of aromatic amines is 1. The van der Waals surface area contributed by atoms with Crippen LogP contribution in [0.2, 0.25) is 0 Å². The topological polar surface area (TPSA) is 248 Å². The lowest BCUT2D eigenvalue weighted by Crippen LogP contribution is -2.57. The Hall–Kier alpha value is -3.52. The van der Waals surface area contributed by atoms with Crippen LogP contribution in [0.1, 0.15) is 44.7 Å². The highest BCUT2D eigenvalue weighted by atomic mass is 16.4. The van der Waals surface area contributed by atoms with Crippen molar-refractivity contribution in [2.75, 3.05) is 6.54 Å². The fourth-order valence-corrected chi connectivity index (χ4v) is 2.94. The standard InChI is InChI=1S/C20H34N8O6/c1-11(20(33)34)26-19(32)15(8-12-9-24-10-25-12)28-18(31)14(4-2-3-7-21)27-17(30)13(22)5-6-16(23)29/h9-11,13-15H,2-8,21-22H2,1H3,(H2,23,29)(H,24,25)(H,26,32)(H,27,30)(H,28,31)(H,33,34). The number of aliphatic carboxylic acids is 1. The van der Waals surface area contributed by atoms with Gasteiger partial charge in [-0.3, -0.25) is 24.0 Å². The lowest BCUT2D eigenvalue weighted by Gasteiger charge is -2.24. The molecule has 4 amide bonds. The smallest absolute Gasteiger partial charge is 0.325 e.